The van der Waals surface area contributed by atoms with E-state index in [1.807, 2.05) is 0 Å². The highest BCUT2D eigenvalue weighted by molar-refractivity contribution is 6.14. The maximum atomic E-state index is 6.88. The highest BCUT2D eigenvalue weighted by Crippen LogP contribution is 2.52. The van der Waals surface area contributed by atoms with E-state index >= 15 is 0 Å². The topological polar surface area (TPSA) is 17.0 Å². The molecule has 0 atom stereocenters. The van der Waals surface area contributed by atoms with Crippen molar-refractivity contribution in [3.63, 3.8) is 0 Å². The first-order valence-corrected chi connectivity index (χ1v) is 12.3. The second kappa shape index (κ2) is 7.06. The van der Waals surface area contributed by atoms with Gasteiger partial charge in [-0.2, -0.15) is 0 Å². The van der Waals surface area contributed by atoms with Gasteiger partial charge >= 0.3 is 0 Å². The summed E-state index contributed by atoms with van der Waals surface area (Å²) in [5.41, 5.74) is 13.6. The maximum Gasteiger partial charge on any atom is 0.216 e. The summed E-state index contributed by atoms with van der Waals surface area (Å²) in [5, 5.41) is 2.38. The van der Waals surface area contributed by atoms with Gasteiger partial charge < -0.3 is 4.42 Å². The van der Waals surface area contributed by atoms with Crippen LogP contribution in [-0.2, 0) is 12.5 Å². The summed E-state index contributed by atoms with van der Waals surface area (Å²) in [6.07, 6.45) is 2.25. The fraction of sp³-hybridized carbons (Fsp3) is 0.281. The predicted octanol–water partition coefficient (Wildman–Crippen LogP) is 8.12. The number of rotatable bonds is 2. The highest BCUT2D eigenvalue weighted by Gasteiger charge is 2.37. The van der Waals surface area contributed by atoms with Crippen LogP contribution in [0.15, 0.2) is 65.2 Å². The zero-order valence-corrected chi connectivity index (χ0v) is 21.2. The largest absolute Gasteiger partial charge is 0.454 e. The lowest BCUT2D eigenvalue weighted by Crippen LogP contribution is -2.32. The standard InChI is InChI=1S/C32H32NO/c1-18(2)24-16-27(33(7)17-20(24)4)28-19(3)12-13-21-22-14-15-26-29(31(22)34-30(21)28)23-10-8-9-11-25(23)32(26,5)6/h8-18H,1-7H3/q+1. The van der Waals surface area contributed by atoms with Crippen molar-refractivity contribution in [3.8, 4) is 22.4 Å². The number of furan rings is 1. The molecule has 0 amide bonds. The van der Waals surface area contributed by atoms with Gasteiger partial charge in [-0.15, -0.1) is 0 Å². The Kier molecular flexibility index (Phi) is 4.39. The van der Waals surface area contributed by atoms with Crippen molar-refractivity contribution in [3.05, 3.63) is 88.6 Å². The van der Waals surface area contributed by atoms with Crippen molar-refractivity contribution < 1.29 is 8.98 Å². The van der Waals surface area contributed by atoms with Crippen LogP contribution in [-0.4, -0.2) is 0 Å². The molecule has 0 radical (unpaired) electrons. The van der Waals surface area contributed by atoms with Crippen LogP contribution in [0.2, 0.25) is 0 Å². The summed E-state index contributed by atoms with van der Waals surface area (Å²) in [4.78, 5) is 0. The smallest absolute Gasteiger partial charge is 0.216 e. The first-order valence-electron chi connectivity index (χ1n) is 12.3. The maximum absolute atomic E-state index is 6.88. The number of aryl methyl sites for hydroxylation is 3. The summed E-state index contributed by atoms with van der Waals surface area (Å²) in [7, 11) is 2.14. The third kappa shape index (κ3) is 2.72. The Morgan fingerprint density at radius 1 is 0.794 bits per heavy atom. The number of aromatic nitrogens is 1. The molecule has 0 N–H and O–H groups in total. The number of pyridine rings is 1. The summed E-state index contributed by atoms with van der Waals surface area (Å²) < 4.78 is 9.13. The fourth-order valence-electron chi connectivity index (χ4n) is 6.17. The molecule has 0 unspecified atom stereocenters. The third-order valence-electron chi connectivity index (χ3n) is 7.95. The van der Waals surface area contributed by atoms with Crippen molar-refractivity contribution in [1.29, 1.82) is 0 Å². The van der Waals surface area contributed by atoms with Crippen LogP contribution in [0.25, 0.3) is 44.3 Å². The molecule has 2 heteroatoms. The third-order valence-corrected chi connectivity index (χ3v) is 7.95. The highest BCUT2D eigenvalue weighted by atomic mass is 16.3. The molecule has 1 aliphatic carbocycles. The van der Waals surface area contributed by atoms with E-state index in [1.54, 1.807) is 0 Å². The molecule has 1 aliphatic rings. The average molecular weight is 447 g/mol. The Morgan fingerprint density at radius 2 is 1.47 bits per heavy atom. The SMILES string of the molecule is Cc1c[n+](C)c(-c2c(C)ccc3c2oc2c4c(ccc23)C(C)(C)c2ccccc2-4)cc1C(C)C. The minimum absolute atomic E-state index is 0.0343. The normalized spacial score (nSPS) is 14.2. The summed E-state index contributed by atoms with van der Waals surface area (Å²) in [6.45, 7) is 13.6. The Hall–Kier alpha value is -3.39. The van der Waals surface area contributed by atoms with Gasteiger partial charge in [-0.3, -0.25) is 0 Å². The van der Waals surface area contributed by atoms with Gasteiger partial charge in [0, 0.05) is 33.4 Å². The molecule has 0 fully saturated rings. The van der Waals surface area contributed by atoms with Crippen LogP contribution in [0.3, 0.4) is 0 Å². The molecular weight excluding hydrogens is 414 g/mol. The van der Waals surface area contributed by atoms with Crippen molar-refractivity contribution in [2.24, 2.45) is 7.05 Å². The van der Waals surface area contributed by atoms with E-state index in [2.05, 4.69) is 114 Å². The van der Waals surface area contributed by atoms with Gasteiger partial charge in [0.05, 0.1) is 5.56 Å². The molecule has 3 aromatic carbocycles. The second-order valence-corrected chi connectivity index (χ2v) is 10.8. The van der Waals surface area contributed by atoms with Crippen molar-refractivity contribution >= 4 is 21.9 Å². The van der Waals surface area contributed by atoms with Crippen molar-refractivity contribution in [1.82, 2.24) is 0 Å². The number of hydrogen-bond donors (Lipinski definition) is 0. The number of benzene rings is 3. The lowest BCUT2D eigenvalue weighted by atomic mass is 9.82. The zero-order chi connectivity index (χ0) is 23.9. The van der Waals surface area contributed by atoms with Crippen LogP contribution in [0.4, 0.5) is 0 Å². The molecule has 0 aliphatic heterocycles. The first kappa shape index (κ1) is 21.2. The van der Waals surface area contributed by atoms with Crippen LogP contribution < -0.4 is 4.57 Å². The molecular formula is C32H32NO+. The van der Waals surface area contributed by atoms with Crippen LogP contribution in [0, 0.1) is 13.8 Å². The average Bonchev–Trinajstić information content (AvgIpc) is 3.27. The van der Waals surface area contributed by atoms with Gasteiger partial charge in [-0.1, -0.05) is 76.2 Å². The lowest BCUT2D eigenvalue weighted by molar-refractivity contribution is -0.660. The molecule has 0 saturated heterocycles. The van der Waals surface area contributed by atoms with Gasteiger partial charge in [0.2, 0.25) is 5.69 Å². The zero-order valence-electron chi connectivity index (χ0n) is 21.2. The molecule has 5 aromatic rings. The molecule has 0 bridgehead atoms. The Labute approximate surface area is 201 Å². The van der Waals surface area contributed by atoms with Gasteiger partial charge in [-0.25, -0.2) is 4.57 Å². The fourth-order valence-corrected chi connectivity index (χ4v) is 6.17. The van der Waals surface area contributed by atoms with Crippen LogP contribution in [0.1, 0.15) is 61.4 Å². The van der Waals surface area contributed by atoms with Gasteiger partial charge in [0.25, 0.3) is 0 Å². The van der Waals surface area contributed by atoms with Crippen LogP contribution in [0.5, 0.6) is 0 Å². The molecule has 0 saturated carbocycles. The number of hydrogen-bond acceptors (Lipinski definition) is 1. The predicted molar refractivity (Wildman–Crippen MR) is 141 cm³/mol. The molecule has 2 nitrogen and oxygen atoms in total. The summed E-state index contributed by atoms with van der Waals surface area (Å²) in [5.74, 6) is 0.470. The Morgan fingerprint density at radius 3 is 2.21 bits per heavy atom. The number of nitrogens with zero attached hydrogens (tertiary/aromatic N) is 1. The summed E-state index contributed by atoms with van der Waals surface area (Å²) >= 11 is 0. The molecule has 2 aromatic heterocycles. The minimum Gasteiger partial charge on any atom is -0.454 e. The molecule has 2 heterocycles. The summed E-state index contributed by atoms with van der Waals surface area (Å²) in [6, 6.07) is 20.2. The quantitative estimate of drug-likeness (QED) is 0.250. The second-order valence-electron chi connectivity index (χ2n) is 10.8. The van der Waals surface area contributed by atoms with Gasteiger partial charge in [-0.05, 0) is 47.6 Å². The van der Waals surface area contributed by atoms with Crippen molar-refractivity contribution in [2.45, 2.75) is 52.9 Å². The van der Waals surface area contributed by atoms with E-state index in [4.69, 9.17) is 4.42 Å². The van der Waals surface area contributed by atoms with Crippen molar-refractivity contribution in [2.75, 3.05) is 0 Å². The molecule has 34 heavy (non-hydrogen) atoms. The van der Waals surface area contributed by atoms with E-state index in [-0.39, 0.29) is 5.41 Å². The molecule has 170 valence electrons. The van der Waals surface area contributed by atoms with E-state index < -0.39 is 0 Å². The van der Waals surface area contributed by atoms with E-state index in [1.165, 1.54) is 61.0 Å². The Balaban J connectivity index is 1.72. The molecule has 0 spiro atoms. The van der Waals surface area contributed by atoms with Gasteiger partial charge in [0.15, 0.2) is 6.20 Å². The Bertz CT molecular complexity index is 1630. The van der Waals surface area contributed by atoms with E-state index in [0.717, 1.165) is 11.2 Å². The van der Waals surface area contributed by atoms with E-state index in [9.17, 15) is 0 Å². The molecule has 6 rings (SSSR count). The minimum atomic E-state index is -0.0343. The van der Waals surface area contributed by atoms with Gasteiger partial charge in [0.1, 0.15) is 18.2 Å². The monoisotopic (exact) mass is 446 g/mol. The van der Waals surface area contributed by atoms with E-state index in [0.29, 0.717) is 5.92 Å². The number of fused-ring (bicyclic) bond motifs is 7. The lowest BCUT2D eigenvalue weighted by Gasteiger charge is -2.21. The first-order chi connectivity index (χ1) is 16.2. The van der Waals surface area contributed by atoms with Crippen LogP contribution >= 0.6 is 0 Å².